The van der Waals surface area contributed by atoms with Gasteiger partial charge in [-0.15, -0.1) is 0 Å². The fourth-order valence-corrected chi connectivity index (χ4v) is 4.70. The molecule has 1 aliphatic heterocycles. The van der Waals surface area contributed by atoms with Gasteiger partial charge in [-0.1, -0.05) is 17.4 Å². The zero-order chi connectivity index (χ0) is 19.2. The van der Waals surface area contributed by atoms with Crippen LogP contribution < -0.4 is 10.2 Å². The number of sulfone groups is 1. The number of carbonyl (C=O) groups is 1. The van der Waals surface area contributed by atoms with Gasteiger partial charge in [0.05, 0.1) is 21.0 Å². The van der Waals surface area contributed by atoms with E-state index >= 15 is 0 Å². The molecule has 1 N–H and O–H groups in total. The lowest BCUT2D eigenvalue weighted by atomic mass is 10.00. The third kappa shape index (κ3) is 3.68. The van der Waals surface area contributed by atoms with E-state index in [1.807, 2.05) is 12.1 Å². The number of aryl methyl sites for hydroxylation is 1. The van der Waals surface area contributed by atoms with E-state index in [0.29, 0.717) is 18.8 Å². The molecule has 6 nitrogen and oxygen atoms in total. The average molecular weight is 402 g/mol. The topological polar surface area (TPSA) is 79.4 Å². The highest BCUT2D eigenvalue weighted by molar-refractivity contribution is 7.90. The number of amides is 1. The average Bonchev–Trinajstić information content (AvgIpc) is 2.95. The number of rotatable bonds is 4. The maximum atomic E-state index is 12.4. The lowest BCUT2D eigenvalue weighted by Crippen LogP contribution is -2.52. The Bertz CT molecular complexity index is 1110. The zero-order valence-electron chi connectivity index (χ0n) is 15.0. The Kier molecular flexibility index (Phi) is 4.39. The fourth-order valence-electron chi connectivity index (χ4n) is 2.99. The van der Waals surface area contributed by atoms with Crippen LogP contribution in [0.1, 0.15) is 5.56 Å². The Balaban J connectivity index is 1.38. The van der Waals surface area contributed by atoms with Crippen molar-refractivity contribution in [3.63, 3.8) is 0 Å². The van der Waals surface area contributed by atoms with Gasteiger partial charge in [-0.05, 0) is 48.9 Å². The number of nitrogens with one attached hydrogen (secondary N) is 1. The number of nitrogens with zero attached hydrogens (tertiary/aromatic N) is 2. The predicted octanol–water partition coefficient (Wildman–Crippen LogP) is 3.08. The molecule has 140 valence electrons. The van der Waals surface area contributed by atoms with Crippen molar-refractivity contribution in [3.05, 3.63) is 48.0 Å². The molecule has 1 aromatic heterocycles. The Morgan fingerprint density at radius 3 is 2.56 bits per heavy atom. The summed E-state index contributed by atoms with van der Waals surface area (Å²) >= 11 is 1.64. The SMILES string of the molecule is Cc1ccc2nc(N3CC(C(=O)Nc4ccc(S(C)(=O)=O)cc4)C3)sc2c1. The highest BCUT2D eigenvalue weighted by atomic mass is 32.2. The number of thiazole rings is 1. The van der Waals surface area contributed by atoms with Gasteiger partial charge in [0.2, 0.25) is 5.91 Å². The second-order valence-electron chi connectivity index (χ2n) is 6.86. The van der Waals surface area contributed by atoms with Crippen molar-refractivity contribution in [2.75, 3.05) is 29.6 Å². The van der Waals surface area contributed by atoms with Crippen LogP contribution in [0, 0.1) is 12.8 Å². The van der Waals surface area contributed by atoms with Gasteiger partial charge in [-0.3, -0.25) is 4.79 Å². The van der Waals surface area contributed by atoms with Crippen molar-refractivity contribution in [2.45, 2.75) is 11.8 Å². The van der Waals surface area contributed by atoms with Crippen molar-refractivity contribution >= 4 is 48.1 Å². The third-order valence-electron chi connectivity index (χ3n) is 4.61. The quantitative estimate of drug-likeness (QED) is 0.727. The van der Waals surface area contributed by atoms with Gasteiger partial charge < -0.3 is 10.2 Å². The van der Waals surface area contributed by atoms with Gasteiger partial charge in [-0.25, -0.2) is 13.4 Å². The van der Waals surface area contributed by atoms with Crippen molar-refractivity contribution < 1.29 is 13.2 Å². The molecule has 0 aliphatic carbocycles. The summed E-state index contributed by atoms with van der Waals surface area (Å²) < 4.78 is 24.1. The highest BCUT2D eigenvalue weighted by Crippen LogP contribution is 2.33. The van der Waals surface area contributed by atoms with Gasteiger partial charge in [0.1, 0.15) is 0 Å². The van der Waals surface area contributed by atoms with E-state index in [1.54, 1.807) is 23.5 Å². The molecule has 27 heavy (non-hydrogen) atoms. The van der Waals surface area contributed by atoms with Gasteiger partial charge in [0.25, 0.3) is 0 Å². The minimum Gasteiger partial charge on any atom is -0.346 e. The molecule has 0 bridgehead atoms. The zero-order valence-corrected chi connectivity index (χ0v) is 16.6. The lowest BCUT2D eigenvalue weighted by Gasteiger charge is -2.37. The van der Waals surface area contributed by atoms with Crippen LogP contribution in [0.2, 0.25) is 0 Å². The minimum atomic E-state index is -3.23. The number of benzene rings is 2. The van der Waals surface area contributed by atoms with Crippen LogP contribution >= 0.6 is 11.3 Å². The second kappa shape index (κ2) is 6.61. The number of anilines is 2. The van der Waals surface area contributed by atoms with Crippen LogP contribution in [0.15, 0.2) is 47.4 Å². The molecular weight excluding hydrogens is 382 g/mol. The second-order valence-corrected chi connectivity index (χ2v) is 9.88. The summed E-state index contributed by atoms with van der Waals surface area (Å²) in [4.78, 5) is 19.4. The number of carbonyl (C=O) groups excluding carboxylic acids is 1. The van der Waals surface area contributed by atoms with E-state index in [1.165, 1.54) is 17.7 Å². The van der Waals surface area contributed by atoms with Gasteiger partial charge in [0, 0.05) is 25.0 Å². The Morgan fingerprint density at radius 2 is 1.89 bits per heavy atom. The van der Waals surface area contributed by atoms with E-state index in [9.17, 15) is 13.2 Å². The van der Waals surface area contributed by atoms with Crippen LogP contribution in [0.5, 0.6) is 0 Å². The largest absolute Gasteiger partial charge is 0.346 e. The highest BCUT2D eigenvalue weighted by Gasteiger charge is 2.34. The maximum Gasteiger partial charge on any atom is 0.231 e. The third-order valence-corrected chi connectivity index (χ3v) is 6.81. The normalized spacial score (nSPS) is 15.0. The summed E-state index contributed by atoms with van der Waals surface area (Å²) in [6.07, 6.45) is 1.16. The minimum absolute atomic E-state index is 0.0599. The fraction of sp³-hybridized carbons (Fsp3) is 0.263. The maximum absolute atomic E-state index is 12.4. The van der Waals surface area contributed by atoms with Crippen molar-refractivity contribution in [1.82, 2.24) is 4.98 Å². The van der Waals surface area contributed by atoms with Crippen LogP contribution in [-0.2, 0) is 14.6 Å². The molecule has 8 heteroatoms. The first-order chi connectivity index (χ1) is 12.8. The molecule has 1 saturated heterocycles. The molecule has 1 aliphatic rings. The Morgan fingerprint density at radius 1 is 1.19 bits per heavy atom. The predicted molar refractivity (Wildman–Crippen MR) is 108 cm³/mol. The molecule has 1 fully saturated rings. The molecule has 0 atom stereocenters. The first kappa shape index (κ1) is 17.9. The molecule has 0 unspecified atom stereocenters. The van der Waals surface area contributed by atoms with E-state index in [-0.39, 0.29) is 16.7 Å². The van der Waals surface area contributed by atoms with Crippen LogP contribution in [0.25, 0.3) is 10.2 Å². The summed E-state index contributed by atoms with van der Waals surface area (Å²) in [6, 6.07) is 12.4. The van der Waals surface area contributed by atoms with Crippen LogP contribution in [-0.4, -0.2) is 38.7 Å². The van der Waals surface area contributed by atoms with E-state index in [2.05, 4.69) is 28.2 Å². The summed E-state index contributed by atoms with van der Waals surface area (Å²) in [5.41, 5.74) is 2.79. The van der Waals surface area contributed by atoms with Crippen molar-refractivity contribution in [3.8, 4) is 0 Å². The van der Waals surface area contributed by atoms with E-state index < -0.39 is 9.84 Å². The molecule has 2 aromatic carbocycles. The summed E-state index contributed by atoms with van der Waals surface area (Å²) in [6.45, 7) is 3.32. The number of hydrogen-bond acceptors (Lipinski definition) is 6. The van der Waals surface area contributed by atoms with Crippen molar-refractivity contribution in [2.24, 2.45) is 5.92 Å². The Labute approximate surface area is 161 Å². The smallest absolute Gasteiger partial charge is 0.231 e. The number of hydrogen-bond donors (Lipinski definition) is 1. The Hall–Kier alpha value is -2.45. The van der Waals surface area contributed by atoms with Crippen LogP contribution in [0.3, 0.4) is 0 Å². The van der Waals surface area contributed by atoms with Crippen molar-refractivity contribution in [1.29, 1.82) is 0 Å². The molecule has 3 aromatic rings. The van der Waals surface area contributed by atoms with E-state index in [0.717, 1.165) is 21.6 Å². The molecular formula is C19H19N3O3S2. The summed E-state index contributed by atoms with van der Waals surface area (Å²) in [7, 11) is -3.23. The van der Waals surface area contributed by atoms with Gasteiger partial charge in [-0.2, -0.15) is 0 Å². The molecule has 2 heterocycles. The van der Waals surface area contributed by atoms with Gasteiger partial charge in [0.15, 0.2) is 15.0 Å². The molecule has 1 amide bonds. The first-order valence-electron chi connectivity index (χ1n) is 8.53. The summed E-state index contributed by atoms with van der Waals surface area (Å²) in [5, 5.41) is 3.79. The van der Waals surface area contributed by atoms with Crippen LogP contribution in [0.4, 0.5) is 10.8 Å². The molecule has 0 saturated carbocycles. The molecule has 4 rings (SSSR count). The molecule has 0 radical (unpaired) electrons. The number of aromatic nitrogens is 1. The lowest BCUT2D eigenvalue weighted by molar-refractivity contribution is -0.120. The molecule has 0 spiro atoms. The summed E-state index contributed by atoms with van der Waals surface area (Å²) in [5.74, 6) is -0.163. The van der Waals surface area contributed by atoms with Gasteiger partial charge >= 0.3 is 0 Å². The first-order valence-corrected chi connectivity index (χ1v) is 11.2. The monoisotopic (exact) mass is 401 g/mol. The van der Waals surface area contributed by atoms with E-state index in [4.69, 9.17) is 0 Å². The standard InChI is InChI=1S/C19H19N3O3S2/c1-12-3-8-16-17(9-12)26-19(21-16)22-10-13(11-22)18(23)20-14-4-6-15(7-5-14)27(2,24)25/h3-9,13H,10-11H2,1-2H3,(H,20,23). The number of fused-ring (bicyclic) bond motifs is 1.